The minimum atomic E-state index is -5.16. The van der Waals surface area contributed by atoms with Crippen LogP contribution in [0.4, 0.5) is 36.4 Å². The molecule has 220 valence electrons. The van der Waals surface area contributed by atoms with Crippen LogP contribution in [0.5, 0.6) is 0 Å². The largest absolute Gasteiger partial charge is 0.417 e. The molecular weight excluding hydrogens is 573 g/mol. The lowest BCUT2D eigenvalue weighted by Crippen LogP contribution is -2.32. The molecule has 1 fully saturated rings. The summed E-state index contributed by atoms with van der Waals surface area (Å²) < 4.78 is 99.5. The summed E-state index contributed by atoms with van der Waals surface area (Å²) >= 11 is 0. The highest BCUT2D eigenvalue weighted by molar-refractivity contribution is 5.94. The van der Waals surface area contributed by atoms with E-state index in [1.165, 1.54) is 12.1 Å². The monoisotopic (exact) mass is 594 g/mol. The van der Waals surface area contributed by atoms with Gasteiger partial charge in [-0.3, -0.25) is 4.79 Å². The van der Waals surface area contributed by atoms with E-state index in [2.05, 4.69) is 25.7 Å². The maximum atomic E-state index is 13.7. The first-order valence-corrected chi connectivity index (χ1v) is 12.6. The first kappa shape index (κ1) is 29.1. The Kier molecular flexibility index (Phi) is 7.95. The van der Waals surface area contributed by atoms with E-state index in [0.717, 1.165) is 42.2 Å². The van der Waals surface area contributed by atoms with Gasteiger partial charge < -0.3 is 14.6 Å². The Labute approximate surface area is 233 Å². The Morgan fingerprint density at radius 3 is 2.31 bits per heavy atom. The number of hydrogen-bond donors (Lipinski definition) is 1. The van der Waals surface area contributed by atoms with Gasteiger partial charge in [0.15, 0.2) is 0 Å². The predicted molar refractivity (Wildman–Crippen MR) is 133 cm³/mol. The smallest absolute Gasteiger partial charge is 0.416 e. The average molecular weight is 594 g/mol. The number of alkyl halides is 6. The summed E-state index contributed by atoms with van der Waals surface area (Å²) in [5.74, 6) is -1.51. The van der Waals surface area contributed by atoms with Crippen LogP contribution < -0.4 is 10.2 Å². The van der Waals surface area contributed by atoms with Crippen molar-refractivity contribution in [1.82, 2.24) is 25.7 Å². The minimum Gasteiger partial charge on any atom is -0.417 e. The molecule has 2 aromatic carbocycles. The highest BCUT2D eigenvalue weighted by atomic mass is 19.4. The molecule has 1 amide bonds. The Morgan fingerprint density at radius 2 is 1.69 bits per heavy atom. The Hall–Kier alpha value is -4.40. The summed E-state index contributed by atoms with van der Waals surface area (Å²) in [6.07, 6.45) is -10.2. The number of halogens is 7. The molecule has 5 rings (SSSR count). The van der Waals surface area contributed by atoms with Crippen molar-refractivity contribution in [2.24, 2.45) is 0 Å². The Bertz CT molecular complexity index is 1550. The van der Waals surface area contributed by atoms with Crippen LogP contribution in [0.3, 0.4) is 0 Å². The molecule has 0 aliphatic carbocycles. The SMILES string of the molecule is O=C(Cc1ccc(C(F)(F)F)cc1C(F)(F)F)N(Cc1nnc(-c2ccc(C3CCNC3)nn2)o1)c1ccc(F)cc1. The van der Waals surface area contributed by atoms with Gasteiger partial charge in [0.05, 0.1) is 23.2 Å². The Balaban J connectivity index is 1.40. The lowest BCUT2D eigenvalue weighted by molar-refractivity contribution is -0.143. The average Bonchev–Trinajstić information content (AvgIpc) is 3.64. The van der Waals surface area contributed by atoms with E-state index in [1.807, 2.05) is 0 Å². The molecule has 1 unspecified atom stereocenters. The van der Waals surface area contributed by atoms with Crippen LogP contribution in [-0.2, 0) is 30.1 Å². The molecule has 1 aliphatic rings. The van der Waals surface area contributed by atoms with Crippen molar-refractivity contribution in [3.05, 3.63) is 88.7 Å². The fourth-order valence-corrected chi connectivity index (χ4v) is 4.51. The minimum absolute atomic E-state index is 0.0257. The third kappa shape index (κ3) is 6.56. The van der Waals surface area contributed by atoms with Gasteiger partial charge in [0, 0.05) is 18.2 Å². The summed E-state index contributed by atoms with van der Waals surface area (Å²) in [6.45, 7) is 1.22. The van der Waals surface area contributed by atoms with Crippen molar-refractivity contribution in [2.45, 2.75) is 37.7 Å². The molecule has 8 nitrogen and oxygen atoms in total. The maximum Gasteiger partial charge on any atom is 0.416 e. The number of carbonyl (C=O) groups is 1. The number of benzene rings is 2. The van der Waals surface area contributed by atoms with Gasteiger partial charge >= 0.3 is 12.4 Å². The second-order valence-electron chi connectivity index (χ2n) is 9.53. The highest BCUT2D eigenvalue weighted by Crippen LogP contribution is 2.38. The number of carbonyl (C=O) groups excluding carboxylic acids is 1. The van der Waals surface area contributed by atoms with Crippen molar-refractivity contribution < 1.29 is 39.9 Å². The van der Waals surface area contributed by atoms with Gasteiger partial charge in [0.25, 0.3) is 5.89 Å². The molecular formula is C27H21F7N6O2. The molecule has 1 atom stereocenters. The number of nitrogens with zero attached hydrogens (tertiary/aromatic N) is 5. The summed E-state index contributed by atoms with van der Waals surface area (Å²) in [5, 5.41) is 19.4. The fraction of sp³-hybridized carbons (Fsp3) is 0.296. The lowest BCUT2D eigenvalue weighted by Gasteiger charge is -2.23. The number of rotatable bonds is 7. The van der Waals surface area contributed by atoms with Gasteiger partial charge in [-0.25, -0.2) is 4.39 Å². The first-order chi connectivity index (χ1) is 19.9. The molecule has 0 saturated carbocycles. The standard InChI is InChI=1S/C27H21F7N6O2/c28-18-3-5-19(6-4-18)40(24(41)11-15-1-2-17(26(29,30)31)12-20(15)27(32,33)34)14-23-38-39-25(42-23)22-8-7-21(36-37-22)16-9-10-35-13-16/h1-8,12,16,35H,9-11,13-14H2. The van der Waals surface area contributed by atoms with Crippen LogP contribution in [0, 0.1) is 5.82 Å². The van der Waals surface area contributed by atoms with Crippen LogP contribution in [-0.4, -0.2) is 39.4 Å². The zero-order valence-corrected chi connectivity index (χ0v) is 21.5. The van der Waals surface area contributed by atoms with Gasteiger partial charge in [0.2, 0.25) is 11.8 Å². The van der Waals surface area contributed by atoms with Crippen LogP contribution in [0.25, 0.3) is 11.6 Å². The zero-order chi connectivity index (χ0) is 30.1. The molecule has 2 aromatic heterocycles. The fourth-order valence-electron chi connectivity index (χ4n) is 4.51. The molecule has 42 heavy (non-hydrogen) atoms. The molecule has 0 bridgehead atoms. The highest BCUT2D eigenvalue weighted by Gasteiger charge is 2.38. The molecule has 1 aliphatic heterocycles. The van der Waals surface area contributed by atoms with Gasteiger partial charge in [-0.05, 0) is 67.1 Å². The van der Waals surface area contributed by atoms with E-state index in [0.29, 0.717) is 12.1 Å². The van der Waals surface area contributed by atoms with Crippen molar-refractivity contribution in [3.8, 4) is 11.6 Å². The second kappa shape index (κ2) is 11.5. The molecule has 3 heterocycles. The molecule has 0 radical (unpaired) electrons. The van der Waals surface area contributed by atoms with E-state index >= 15 is 0 Å². The summed E-state index contributed by atoms with van der Waals surface area (Å²) in [5.41, 5.74) is -2.65. The number of amides is 1. The summed E-state index contributed by atoms with van der Waals surface area (Å²) in [4.78, 5) is 14.3. The number of aromatic nitrogens is 4. The van der Waals surface area contributed by atoms with Crippen molar-refractivity contribution >= 4 is 11.6 Å². The second-order valence-corrected chi connectivity index (χ2v) is 9.53. The van der Waals surface area contributed by atoms with E-state index in [4.69, 9.17) is 4.42 Å². The topological polar surface area (TPSA) is 97.0 Å². The molecule has 0 spiro atoms. The summed E-state index contributed by atoms with van der Waals surface area (Å²) in [6, 6.07) is 8.96. The van der Waals surface area contributed by atoms with Gasteiger partial charge in [0.1, 0.15) is 18.1 Å². The van der Waals surface area contributed by atoms with Gasteiger partial charge in [-0.2, -0.15) is 31.4 Å². The van der Waals surface area contributed by atoms with E-state index in [-0.39, 0.29) is 35.1 Å². The van der Waals surface area contributed by atoms with E-state index < -0.39 is 53.7 Å². The number of nitrogens with one attached hydrogen (secondary N) is 1. The van der Waals surface area contributed by atoms with Crippen molar-refractivity contribution in [1.29, 1.82) is 0 Å². The van der Waals surface area contributed by atoms with Crippen molar-refractivity contribution in [2.75, 3.05) is 18.0 Å². The van der Waals surface area contributed by atoms with Gasteiger partial charge in [-0.1, -0.05) is 6.07 Å². The van der Waals surface area contributed by atoms with Gasteiger partial charge in [-0.15, -0.1) is 15.3 Å². The molecule has 1 saturated heterocycles. The maximum absolute atomic E-state index is 13.7. The van der Waals surface area contributed by atoms with E-state index in [9.17, 15) is 35.5 Å². The molecule has 15 heteroatoms. The predicted octanol–water partition coefficient (Wildman–Crippen LogP) is 5.56. The van der Waals surface area contributed by atoms with Crippen molar-refractivity contribution in [3.63, 3.8) is 0 Å². The van der Waals surface area contributed by atoms with Crippen LogP contribution in [0.1, 0.15) is 40.6 Å². The van der Waals surface area contributed by atoms with Crippen LogP contribution >= 0.6 is 0 Å². The molecule has 1 N–H and O–H groups in total. The quantitative estimate of drug-likeness (QED) is 0.280. The molecule has 4 aromatic rings. The third-order valence-corrected chi connectivity index (χ3v) is 6.67. The zero-order valence-electron chi connectivity index (χ0n) is 21.5. The lowest BCUT2D eigenvalue weighted by atomic mass is 10.00. The van der Waals surface area contributed by atoms with E-state index in [1.54, 1.807) is 12.1 Å². The number of anilines is 1. The Morgan fingerprint density at radius 1 is 0.929 bits per heavy atom. The van der Waals surface area contributed by atoms with Crippen LogP contribution in [0.15, 0.2) is 59.0 Å². The first-order valence-electron chi connectivity index (χ1n) is 12.6. The number of hydrogen-bond acceptors (Lipinski definition) is 7. The normalized spacial score (nSPS) is 15.6. The third-order valence-electron chi connectivity index (χ3n) is 6.67. The van der Waals surface area contributed by atoms with Crippen LogP contribution in [0.2, 0.25) is 0 Å². The summed E-state index contributed by atoms with van der Waals surface area (Å²) in [7, 11) is 0.